The molecule has 30 heavy (non-hydrogen) atoms. The minimum absolute atomic E-state index is 0.323. The summed E-state index contributed by atoms with van der Waals surface area (Å²) in [7, 11) is 0. The summed E-state index contributed by atoms with van der Waals surface area (Å²) in [5, 5.41) is 43.4. The van der Waals surface area contributed by atoms with Gasteiger partial charge in [-0.05, 0) is 25.0 Å². The second kappa shape index (κ2) is 7.53. The maximum Gasteiger partial charge on any atom is 0.182 e. The third kappa shape index (κ3) is 3.28. The number of ether oxygens (including phenoxy) is 2. The normalized spacial score (nSPS) is 33.1. The van der Waals surface area contributed by atoms with Crippen molar-refractivity contribution in [3.05, 3.63) is 71.8 Å². The van der Waals surface area contributed by atoms with Crippen molar-refractivity contribution in [3.8, 4) is 0 Å². The van der Waals surface area contributed by atoms with Gasteiger partial charge in [0, 0.05) is 0 Å². The maximum atomic E-state index is 13.9. The molecule has 1 saturated carbocycles. The lowest BCUT2D eigenvalue weighted by atomic mass is 9.69. The van der Waals surface area contributed by atoms with Gasteiger partial charge in [0.25, 0.3) is 0 Å². The second-order valence-corrected chi connectivity index (χ2v) is 8.37. The molecule has 0 bridgehead atoms. The van der Waals surface area contributed by atoms with Crippen molar-refractivity contribution in [1.29, 1.82) is 0 Å². The molecule has 2 aliphatic rings. The highest BCUT2D eigenvalue weighted by Crippen LogP contribution is 2.44. The summed E-state index contributed by atoms with van der Waals surface area (Å²) in [5.41, 5.74) is -1.45. The molecule has 7 heteroatoms. The van der Waals surface area contributed by atoms with E-state index in [-0.39, 0.29) is 0 Å². The van der Waals surface area contributed by atoms with Gasteiger partial charge < -0.3 is 29.9 Å². The van der Waals surface area contributed by atoms with Crippen LogP contribution in [0.15, 0.2) is 60.7 Å². The SMILES string of the molecule is CC1(C)O[C@@H]2[C@@H](O)[C@@H](O)[C@@H](O)[C@@H](C(=O)C(O)(c3ccccc3)c3ccccc3)[C@@H]2O1. The zero-order chi connectivity index (χ0) is 21.7. The van der Waals surface area contributed by atoms with Crippen LogP contribution in [0.1, 0.15) is 25.0 Å². The Labute approximate surface area is 174 Å². The molecule has 0 amide bonds. The molecule has 2 aromatic rings. The molecule has 0 unspecified atom stereocenters. The van der Waals surface area contributed by atoms with Gasteiger partial charge in [-0.3, -0.25) is 4.79 Å². The number of hydrogen-bond acceptors (Lipinski definition) is 7. The lowest BCUT2D eigenvalue weighted by molar-refractivity contribution is -0.185. The van der Waals surface area contributed by atoms with Crippen molar-refractivity contribution in [2.24, 2.45) is 5.92 Å². The number of rotatable bonds is 4. The quantitative estimate of drug-likeness (QED) is 0.583. The van der Waals surface area contributed by atoms with Crippen LogP contribution in [-0.4, -0.2) is 62.5 Å². The largest absolute Gasteiger partial charge is 0.389 e. The molecule has 7 nitrogen and oxygen atoms in total. The van der Waals surface area contributed by atoms with Crippen LogP contribution in [-0.2, 0) is 19.9 Å². The lowest BCUT2D eigenvalue weighted by Crippen LogP contribution is -2.64. The first-order valence-corrected chi connectivity index (χ1v) is 9.94. The van der Waals surface area contributed by atoms with Crippen LogP contribution in [0.3, 0.4) is 0 Å². The van der Waals surface area contributed by atoms with Crippen LogP contribution in [0.25, 0.3) is 0 Å². The Morgan fingerprint density at radius 2 is 1.27 bits per heavy atom. The fourth-order valence-corrected chi connectivity index (χ4v) is 4.52. The standard InChI is InChI=1S/C23H26O7/c1-22(2)29-19-15(16(24)17(25)18(26)20(19)30-22)21(27)23(28,13-9-5-3-6-10-13)14-11-7-4-8-12-14/h3-12,15-20,24-26,28H,1-2H3/t15-,16+,17+,18+,19+,20-/m1/s1. The number of ketones is 1. The summed E-state index contributed by atoms with van der Waals surface area (Å²) in [6.07, 6.45) is -6.78. The highest BCUT2D eigenvalue weighted by atomic mass is 16.8. The molecule has 1 aliphatic carbocycles. The van der Waals surface area contributed by atoms with Crippen molar-refractivity contribution in [2.45, 2.75) is 55.8 Å². The van der Waals surface area contributed by atoms with Gasteiger partial charge in [0.1, 0.15) is 24.4 Å². The molecule has 160 valence electrons. The van der Waals surface area contributed by atoms with Crippen LogP contribution < -0.4 is 0 Å². The number of carbonyl (C=O) groups excluding carboxylic acids is 1. The number of hydrogen-bond donors (Lipinski definition) is 4. The molecule has 0 radical (unpaired) electrons. The molecule has 1 heterocycles. The van der Waals surface area contributed by atoms with E-state index in [0.717, 1.165) is 0 Å². The van der Waals surface area contributed by atoms with E-state index in [1.807, 2.05) is 0 Å². The van der Waals surface area contributed by atoms with Crippen LogP contribution in [0.4, 0.5) is 0 Å². The number of Topliss-reactive ketones (excluding diaryl/α,β-unsaturated/α-hetero) is 1. The first-order valence-electron chi connectivity index (χ1n) is 9.94. The van der Waals surface area contributed by atoms with Gasteiger partial charge in [-0.1, -0.05) is 60.7 Å². The van der Waals surface area contributed by atoms with Gasteiger partial charge in [-0.15, -0.1) is 0 Å². The van der Waals surface area contributed by atoms with Gasteiger partial charge in [0.15, 0.2) is 17.2 Å². The second-order valence-electron chi connectivity index (χ2n) is 8.37. The van der Waals surface area contributed by atoms with E-state index in [1.165, 1.54) is 0 Å². The van der Waals surface area contributed by atoms with Crippen molar-refractivity contribution >= 4 is 5.78 Å². The predicted octanol–water partition coefficient (Wildman–Crippen LogP) is 0.724. The third-order valence-corrected chi connectivity index (χ3v) is 5.96. The van der Waals surface area contributed by atoms with E-state index in [0.29, 0.717) is 11.1 Å². The van der Waals surface area contributed by atoms with E-state index >= 15 is 0 Å². The molecular weight excluding hydrogens is 388 g/mol. The smallest absolute Gasteiger partial charge is 0.182 e. The Hall–Kier alpha value is -2.13. The maximum absolute atomic E-state index is 13.9. The van der Waals surface area contributed by atoms with E-state index in [4.69, 9.17) is 9.47 Å². The Morgan fingerprint density at radius 1 is 0.800 bits per heavy atom. The minimum atomic E-state index is -2.10. The summed E-state index contributed by atoms with van der Waals surface area (Å²) in [5.74, 6) is -3.20. The summed E-state index contributed by atoms with van der Waals surface area (Å²) >= 11 is 0. The number of aliphatic hydroxyl groups is 4. The van der Waals surface area contributed by atoms with Crippen molar-refractivity contribution in [3.63, 3.8) is 0 Å². The zero-order valence-electron chi connectivity index (χ0n) is 16.8. The Bertz CT molecular complexity index is 859. The molecule has 2 fully saturated rings. The number of benzene rings is 2. The summed E-state index contributed by atoms with van der Waals surface area (Å²) in [6, 6.07) is 16.8. The first-order chi connectivity index (χ1) is 14.2. The van der Waals surface area contributed by atoms with Crippen molar-refractivity contribution in [1.82, 2.24) is 0 Å². The summed E-state index contributed by atoms with van der Waals surface area (Å²) in [4.78, 5) is 13.9. The molecule has 4 rings (SSSR count). The average molecular weight is 414 g/mol. The molecule has 2 aromatic carbocycles. The fraction of sp³-hybridized carbons (Fsp3) is 0.435. The Balaban J connectivity index is 1.83. The number of fused-ring (bicyclic) bond motifs is 1. The third-order valence-electron chi connectivity index (χ3n) is 5.96. The van der Waals surface area contributed by atoms with Gasteiger partial charge in [-0.2, -0.15) is 0 Å². The summed E-state index contributed by atoms with van der Waals surface area (Å²) in [6.45, 7) is 3.25. The van der Waals surface area contributed by atoms with E-state index in [1.54, 1.807) is 74.5 Å². The zero-order valence-corrected chi connectivity index (χ0v) is 16.8. The molecular formula is C23H26O7. The molecule has 4 N–H and O–H groups in total. The lowest BCUT2D eigenvalue weighted by Gasteiger charge is -2.43. The highest BCUT2D eigenvalue weighted by Gasteiger charge is 2.62. The van der Waals surface area contributed by atoms with Crippen LogP contribution in [0.5, 0.6) is 0 Å². The number of aliphatic hydroxyl groups excluding tert-OH is 3. The molecule has 1 saturated heterocycles. The highest BCUT2D eigenvalue weighted by molar-refractivity contribution is 5.94. The molecule has 1 aliphatic heterocycles. The van der Waals surface area contributed by atoms with E-state index in [2.05, 4.69) is 0 Å². The van der Waals surface area contributed by atoms with Gasteiger partial charge >= 0.3 is 0 Å². The summed E-state index contributed by atoms with van der Waals surface area (Å²) < 4.78 is 11.6. The Kier molecular flexibility index (Phi) is 5.30. The van der Waals surface area contributed by atoms with Gasteiger partial charge in [0.2, 0.25) is 0 Å². The minimum Gasteiger partial charge on any atom is -0.389 e. The van der Waals surface area contributed by atoms with E-state index < -0.39 is 53.6 Å². The van der Waals surface area contributed by atoms with Crippen molar-refractivity contribution < 1.29 is 34.7 Å². The van der Waals surface area contributed by atoms with Crippen molar-refractivity contribution in [2.75, 3.05) is 0 Å². The monoisotopic (exact) mass is 414 g/mol. The first kappa shape index (κ1) is 21.1. The molecule has 6 atom stereocenters. The average Bonchev–Trinajstić information content (AvgIpc) is 3.07. The van der Waals surface area contributed by atoms with Crippen LogP contribution >= 0.6 is 0 Å². The molecule has 0 spiro atoms. The Morgan fingerprint density at radius 3 is 1.77 bits per heavy atom. The van der Waals surface area contributed by atoms with Gasteiger partial charge in [-0.25, -0.2) is 0 Å². The fourth-order valence-electron chi connectivity index (χ4n) is 4.52. The van der Waals surface area contributed by atoms with Gasteiger partial charge in [0.05, 0.1) is 12.0 Å². The topological polar surface area (TPSA) is 116 Å². The van der Waals surface area contributed by atoms with E-state index in [9.17, 15) is 25.2 Å². The number of carbonyl (C=O) groups is 1. The predicted molar refractivity (Wildman–Crippen MR) is 106 cm³/mol. The molecule has 0 aromatic heterocycles. The van der Waals surface area contributed by atoms with Crippen LogP contribution in [0.2, 0.25) is 0 Å². The van der Waals surface area contributed by atoms with Crippen LogP contribution in [0, 0.1) is 5.92 Å².